The third-order valence-corrected chi connectivity index (χ3v) is 2.71. The molecule has 1 unspecified atom stereocenters. The third-order valence-electron chi connectivity index (χ3n) is 1.91. The van der Waals surface area contributed by atoms with Crippen LogP contribution in [0.3, 0.4) is 0 Å². The lowest BCUT2D eigenvalue weighted by molar-refractivity contribution is -0.715. The summed E-state index contributed by atoms with van der Waals surface area (Å²) in [5.41, 5.74) is 1.02. The van der Waals surface area contributed by atoms with Crippen LogP contribution in [0.15, 0.2) is 34.0 Å². The Balaban J connectivity index is 2.62. The molecule has 66 valence electrons. The van der Waals surface area contributed by atoms with Gasteiger partial charge in [0.1, 0.15) is 15.5 Å². The normalized spacial score (nSPS) is 20.9. The molecule has 1 N–H and O–H groups in total. The summed E-state index contributed by atoms with van der Waals surface area (Å²) in [7, 11) is 0. The summed E-state index contributed by atoms with van der Waals surface area (Å²) in [6.45, 7) is 0. The van der Waals surface area contributed by atoms with E-state index in [1.165, 1.54) is 6.20 Å². The Labute approximate surface area is 88.8 Å². The number of halogens is 1. The van der Waals surface area contributed by atoms with Crippen molar-refractivity contribution in [3.8, 4) is 0 Å². The molecule has 3 nitrogen and oxygen atoms in total. The van der Waals surface area contributed by atoms with E-state index in [9.17, 15) is 10.0 Å². The highest BCUT2D eigenvalue weighted by Gasteiger charge is 2.23. The molecular formula is C9H6INO2. The average Bonchev–Trinajstić information content (AvgIpc) is 2.15. The van der Waals surface area contributed by atoms with E-state index in [0.29, 0.717) is 14.8 Å². The summed E-state index contributed by atoms with van der Waals surface area (Å²) in [5, 5.41) is 11.3. The van der Waals surface area contributed by atoms with Gasteiger partial charge in [0.15, 0.2) is 0 Å². The Morgan fingerprint density at radius 3 is 2.77 bits per heavy atom. The second kappa shape index (κ2) is 3.21. The van der Waals surface area contributed by atoms with Crippen LogP contribution >= 0.6 is 22.6 Å². The fraction of sp³-hybridized carbons (Fsp3) is 0. The number of hydrogen-bond acceptors (Lipinski definition) is 2. The predicted molar refractivity (Wildman–Crippen MR) is 56.9 cm³/mol. The fourth-order valence-electron chi connectivity index (χ4n) is 1.28. The largest absolute Gasteiger partial charge is 0.624 e. The maximum Gasteiger partial charge on any atom is 0.210 e. The van der Waals surface area contributed by atoms with Gasteiger partial charge in [0, 0.05) is 6.07 Å². The van der Waals surface area contributed by atoms with Crippen LogP contribution in [0.2, 0.25) is 0 Å². The van der Waals surface area contributed by atoms with Crippen molar-refractivity contribution in [1.82, 2.24) is 0 Å². The number of hydrogen-bond donors (Lipinski definition) is 1. The van der Waals surface area contributed by atoms with Gasteiger partial charge in [0.2, 0.25) is 5.78 Å². The number of para-hydroxylation sites is 1. The number of rotatable bonds is 0. The van der Waals surface area contributed by atoms with Crippen LogP contribution in [0, 0.1) is 5.21 Å². The number of carbonyl (C=O) groups excluding carboxylic acids is 1. The standard InChI is InChI=1S/C9H6INO2/c10-7-5-11(13)8-4-2-1-3-6(8)9(7)12/h1-5,11H. The first kappa shape index (κ1) is 8.86. The summed E-state index contributed by atoms with van der Waals surface area (Å²) in [5.74, 6) is -0.0594. The van der Waals surface area contributed by atoms with E-state index in [-0.39, 0.29) is 10.8 Å². The van der Waals surface area contributed by atoms with Gasteiger partial charge in [0.25, 0.3) is 0 Å². The van der Waals surface area contributed by atoms with Gasteiger partial charge in [-0.05, 0) is 28.7 Å². The highest BCUT2D eigenvalue weighted by Crippen LogP contribution is 2.21. The number of allylic oxidation sites excluding steroid dienone is 1. The van der Waals surface area contributed by atoms with Crippen molar-refractivity contribution in [3.05, 3.63) is 44.8 Å². The van der Waals surface area contributed by atoms with Crippen LogP contribution in [0.25, 0.3) is 0 Å². The molecule has 0 bridgehead atoms. The molecule has 0 aromatic heterocycles. The zero-order chi connectivity index (χ0) is 9.42. The molecule has 2 rings (SSSR count). The van der Waals surface area contributed by atoms with E-state index in [2.05, 4.69) is 0 Å². The first-order valence-corrected chi connectivity index (χ1v) is 4.83. The number of Topliss-reactive ketones (excluding diaryl/α,β-unsaturated/α-hetero) is 1. The first-order valence-electron chi connectivity index (χ1n) is 3.75. The molecular weight excluding hydrogens is 281 g/mol. The van der Waals surface area contributed by atoms with E-state index in [1.54, 1.807) is 24.3 Å². The first-order chi connectivity index (χ1) is 6.20. The number of nitrogens with one attached hydrogen (secondary N) is 1. The Morgan fingerprint density at radius 2 is 2.00 bits per heavy atom. The molecule has 1 aliphatic rings. The molecule has 1 aromatic carbocycles. The Hall–Kier alpha value is -0.720. The summed E-state index contributed by atoms with van der Waals surface area (Å²) in [6, 6.07) is 6.88. The second-order valence-electron chi connectivity index (χ2n) is 2.73. The minimum absolute atomic E-state index is 0.0594. The van der Waals surface area contributed by atoms with Crippen molar-refractivity contribution < 1.29 is 9.86 Å². The number of hydroxylamine groups is 1. The Kier molecular flexibility index (Phi) is 2.19. The summed E-state index contributed by atoms with van der Waals surface area (Å²) < 4.78 is 0.487. The molecule has 1 atom stereocenters. The Bertz CT molecular complexity index is 400. The van der Waals surface area contributed by atoms with Crippen molar-refractivity contribution >= 4 is 34.1 Å². The highest BCUT2D eigenvalue weighted by atomic mass is 127. The SMILES string of the molecule is O=C1C(I)=C[NH+]([O-])c2ccccc21. The third kappa shape index (κ3) is 1.41. The number of carbonyl (C=O) groups is 1. The molecule has 0 spiro atoms. The van der Waals surface area contributed by atoms with Crippen LogP contribution < -0.4 is 5.06 Å². The van der Waals surface area contributed by atoms with Gasteiger partial charge >= 0.3 is 0 Å². The van der Waals surface area contributed by atoms with Crippen molar-refractivity contribution in [2.24, 2.45) is 0 Å². The number of quaternary nitrogens is 1. The van der Waals surface area contributed by atoms with Crippen molar-refractivity contribution in [3.63, 3.8) is 0 Å². The molecule has 4 heteroatoms. The molecule has 0 radical (unpaired) electrons. The molecule has 1 heterocycles. The molecule has 0 fully saturated rings. The van der Waals surface area contributed by atoms with Gasteiger partial charge in [-0.2, -0.15) is 0 Å². The van der Waals surface area contributed by atoms with Crippen molar-refractivity contribution in [1.29, 1.82) is 0 Å². The molecule has 0 amide bonds. The maximum absolute atomic E-state index is 11.5. The highest BCUT2D eigenvalue weighted by molar-refractivity contribution is 14.1. The average molecular weight is 287 g/mol. The molecule has 0 saturated carbocycles. The summed E-state index contributed by atoms with van der Waals surface area (Å²) >= 11 is 1.89. The molecule has 0 saturated heterocycles. The number of benzene rings is 1. The molecule has 1 aromatic rings. The van der Waals surface area contributed by atoms with Gasteiger partial charge in [-0.15, -0.1) is 0 Å². The topological polar surface area (TPSA) is 44.6 Å². The van der Waals surface area contributed by atoms with E-state index >= 15 is 0 Å². The monoisotopic (exact) mass is 287 g/mol. The van der Waals surface area contributed by atoms with Gasteiger partial charge in [-0.1, -0.05) is 12.1 Å². The van der Waals surface area contributed by atoms with Crippen LogP contribution in [-0.4, -0.2) is 5.78 Å². The second-order valence-corrected chi connectivity index (χ2v) is 3.89. The number of ketones is 1. The lowest BCUT2D eigenvalue weighted by Crippen LogP contribution is -2.97. The van der Waals surface area contributed by atoms with Crippen LogP contribution in [0.1, 0.15) is 10.4 Å². The molecule has 13 heavy (non-hydrogen) atoms. The van der Waals surface area contributed by atoms with E-state index in [0.717, 1.165) is 0 Å². The van der Waals surface area contributed by atoms with Crippen LogP contribution in [0.5, 0.6) is 0 Å². The van der Waals surface area contributed by atoms with Crippen molar-refractivity contribution in [2.45, 2.75) is 0 Å². The van der Waals surface area contributed by atoms with E-state index < -0.39 is 0 Å². The zero-order valence-electron chi connectivity index (χ0n) is 6.58. The summed E-state index contributed by atoms with van der Waals surface area (Å²) in [4.78, 5) is 11.5. The van der Waals surface area contributed by atoms with E-state index in [1.807, 2.05) is 22.6 Å². The quantitative estimate of drug-likeness (QED) is 0.575. The maximum atomic E-state index is 11.5. The van der Waals surface area contributed by atoms with Crippen molar-refractivity contribution in [2.75, 3.05) is 0 Å². The zero-order valence-corrected chi connectivity index (χ0v) is 8.74. The predicted octanol–water partition coefficient (Wildman–Crippen LogP) is 1.17. The lowest BCUT2D eigenvalue weighted by atomic mass is 10.1. The number of fused-ring (bicyclic) bond motifs is 1. The van der Waals surface area contributed by atoms with Gasteiger partial charge in [-0.25, -0.2) is 0 Å². The van der Waals surface area contributed by atoms with Gasteiger partial charge < -0.3 is 10.3 Å². The lowest BCUT2D eigenvalue weighted by Gasteiger charge is -2.23. The molecule has 0 aliphatic carbocycles. The minimum Gasteiger partial charge on any atom is -0.624 e. The van der Waals surface area contributed by atoms with Gasteiger partial charge in [0.05, 0.1) is 5.56 Å². The minimum atomic E-state index is -0.0837. The smallest absolute Gasteiger partial charge is 0.210 e. The molecule has 1 aliphatic heterocycles. The van der Waals surface area contributed by atoms with Crippen LogP contribution in [0.4, 0.5) is 5.69 Å². The Morgan fingerprint density at radius 1 is 1.31 bits per heavy atom. The van der Waals surface area contributed by atoms with Crippen LogP contribution in [-0.2, 0) is 0 Å². The van der Waals surface area contributed by atoms with Gasteiger partial charge in [-0.3, -0.25) is 4.79 Å². The fourth-order valence-corrected chi connectivity index (χ4v) is 1.86. The summed E-state index contributed by atoms with van der Waals surface area (Å²) in [6.07, 6.45) is 1.38. The van der Waals surface area contributed by atoms with E-state index in [4.69, 9.17) is 0 Å².